The molecule has 4 aliphatic carbocycles. The summed E-state index contributed by atoms with van der Waals surface area (Å²) >= 11 is 0. The molecule has 0 fully saturated rings. The topological polar surface area (TPSA) is 21.3 Å². The van der Waals surface area contributed by atoms with Crippen LogP contribution >= 0.6 is 0 Å². The van der Waals surface area contributed by atoms with Crippen LogP contribution in [0, 0.1) is 0 Å². The highest BCUT2D eigenvalue weighted by atomic mass is 16.3. The Balaban J connectivity index is 1.03. The van der Waals surface area contributed by atoms with E-state index in [0.29, 0.717) is 0 Å². The third kappa shape index (κ3) is 5.97. The first kappa shape index (κ1) is 33.7. The van der Waals surface area contributed by atoms with E-state index in [1.165, 1.54) is 66.2 Å². The number of rotatable bonds is 7. The van der Waals surface area contributed by atoms with Crippen LogP contribution in [-0.2, 0) is 6.42 Å². The SMILES string of the molecule is C1=CCCC(c2ccc(-c3ccc(N(C4=CCC(n5c6ccccc6c6ccccc65)C=C4)c4cc(C5=CC=CCC5)cc5c6c(oc45)CCC=C6)cc3)cc2)=C1. The largest absolute Gasteiger partial charge is 0.458 e. The molecule has 0 amide bonds. The number of anilines is 2. The van der Waals surface area contributed by atoms with Crippen LogP contribution in [0.25, 0.3) is 61.1 Å². The molecule has 0 aliphatic heterocycles. The van der Waals surface area contributed by atoms with Crippen LogP contribution in [-0.4, -0.2) is 4.57 Å². The van der Waals surface area contributed by atoms with Crippen LogP contribution < -0.4 is 4.90 Å². The van der Waals surface area contributed by atoms with E-state index in [-0.39, 0.29) is 6.04 Å². The predicted octanol–water partition coefficient (Wildman–Crippen LogP) is 14.9. The molecule has 0 saturated heterocycles. The van der Waals surface area contributed by atoms with E-state index in [4.69, 9.17) is 4.42 Å². The van der Waals surface area contributed by atoms with Gasteiger partial charge in [-0.15, -0.1) is 0 Å². The number of aromatic nitrogens is 1. The summed E-state index contributed by atoms with van der Waals surface area (Å²) in [5.41, 5.74) is 15.9. The van der Waals surface area contributed by atoms with Crippen LogP contribution in [0.2, 0.25) is 0 Å². The van der Waals surface area contributed by atoms with E-state index in [0.717, 1.165) is 73.4 Å². The molecule has 4 aliphatic rings. The molecule has 1 atom stereocenters. The van der Waals surface area contributed by atoms with Gasteiger partial charge in [-0.1, -0.05) is 134 Å². The summed E-state index contributed by atoms with van der Waals surface area (Å²) in [7, 11) is 0. The van der Waals surface area contributed by atoms with Gasteiger partial charge in [0, 0.05) is 50.6 Å². The number of hydrogen-bond donors (Lipinski definition) is 0. The summed E-state index contributed by atoms with van der Waals surface area (Å²) < 4.78 is 9.42. The molecule has 0 radical (unpaired) electrons. The second kappa shape index (κ2) is 14.2. The summed E-state index contributed by atoms with van der Waals surface area (Å²) in [5.74, 6) is 1.08. The van der Waals surface area contributed by atoms with E-state index >= 15 is 0 Å². The van der Waals surface area contributed by atoms with Crippen LogP contribution in [0.3, 0.4) is 0 Å². The Morgan fingerprint density at radius 3 is 1.86 bits per heavy atom. The zero-order chi connectivity index (χ0) is 37.7. The van der Waals surface area contributed by atoms with Crippen molar-refractivity contribution >= 4 is 61.4 Å². The maximum absolute atomic E-state index is 6.90. The Labute approximate surface area is 334 Å². The summed E-state index contributed by atoms with van der Waals surface area (Å²) in [6.07, 6.45) is 32.3. The van der Waals surface area contributed by atoms with Crippen LogP contribution in [0.5, 0.6) is 0 Å². The highest BCUT2D eigenvalue weighted by Gasteiger charge is 2.26. The lowest BCUT2D eigenvalue weighted by Gasteiger charge is -2.30. The minimum Gasteiger partial charge on any atom is -0.458 e. The molecule has 3 nitrogen and oxygen atoms in total. The minimum atomic E-state index is 0.192. The van der Waals surface area contributed by atoms with E-state index < -0.39 is 0 Å². The van der Waals surface area contributed by atoms with Gasteiger partial charge in [-0.3, -0.25) is 0 Å². The Bertz CT molecular complexity index is 2860. The van der Waals surface area contributed by atoms with Crippen molar-refractivity contribution in [3.8, 4) is 11.1 Å². The number of benzene rings is 5. The number of para-hydroxylation sites is 2. The molecule has 0 saturated carbocycles. The van der Waals surface area contributed by atoms with Gasteiger partial charge >= 0.3 is 0 Å². The fraction of sp³-hybridized carbons (Fsp3) is 0.148. The average Bonchev–Trinajstić information content (AvgIpc) is 3.84. The lowest BCUT2D eigenvalue weighted by Crippen LogP contribution is -2.19. The molecule has 276 valence electrons. The second-order valence-electron chi connectivity index (χ2n) is 15.7. The van der Waals surface area contributed by atoms with Crippen molar-refractivity contribution in [1.82, 2.24) is 4.57 Å². The first-order valence-electron chi connectivity index (χ1n) is 20.6. The Kier molecular flexibility index (Phi) is 8.39. The average molecular weight is 737 g/mol. The second-order valence-corrected chi connectivity index (χ2v) is 15.7. The van der Waals surface area contributed by atoms with E-state index in [1.807, 2.05) is 0 Å². The predicted molar refractivity (Wildman–Crippen MR) is 241 cm³/mol. The standard InChI is InChI=1S/C54H44N2O/c1-3-13-37(14-4-1)39-23-25-40(26-24-39)41-27-29-43(30-28-41)55(44-31-33-45(34-32-44)56-50-20-10-7-17-46(50)47-18-8-11-21-51(47)56)52-36-42(38-15-5-2-6-16-38)35-49-48-19-9-12-22-53(48)57-54(49)52/h1-3,5,7-11,13,15,17-21,23-33,35-36,45H,4,6,12,14,16,22,34H2. The smallest absolute Gasteiger partial charge is 0.158 e. The quantitative estimate of drug-likeness (QED) is 0.162. The molecular formula is C54H44N2O. The van der Waals surface area contributed by atoms with Gasteiger partial charge in [0.2, 0.25) is 0 Å². The van der Waals surface area contributed by atoms with Gasteiger partial charge in [0.15, 0.2) is 5.58 Å². The minimum absolute atomic E-state index is 0.192. The van der Waals surface area contributed by atoms with Crippen LogP contribution in [0.1, 0.15) is 67.0 Å². The maximum atomic E-state index is 6.90. The van der Waals surface area contributed by atoms with Crippen molar-refractivity contribution < 1.29 is 4.42 Å². The fourth-order valence-electron chi connectivity index (χ4n) is 9.44. The Morgan fingerprint density at radius 2 is 1.21 bits per heavy atom. The van der Waals surface area contributed by atoms with Gasteiger partial charge in [-0.25, -0.2) is 0 Å². The number of aryl methyl sites for hydroxylation is 1. The van der Waals surface area contributed by atoms with Crippen molar-refractivity contribution in [2.24, 2.45) is 0 Å². The number of furan rings is 1. The molecule has 1 unspecified atom stereocenters. The summed E-state index contributed by atoms with van der Waals surface area (Å²) in [6.45, 7) is 0. The highest BCUT2D eigenvalue weighted by molar-refractivity contribution is 6.08. The zero-order valence-electron chi connectivity index (χ0n) is 32.1. The molecule has 0 spiro atoms. The first-order chi connectivity index (χ1) is 28.3. The Hall–Kier alpha value is -6.58. The van der Waals surface area contributed by atoms with E-state index in [9.17, 15) is 0 Å². The lowest BCUT2D eigenvalue weighted by molar-refractivity contribution is 0.546. The van der Waals surface area contributed by atoms with Gasteiger partial charge in [0.1, 0.15) is 5.76 Å². The highest BCUT2D eigenvalue weighted by Crippen LogP contribution is 2.45. The summed E-state index contributed by atoms with van der Waals surface area (Å²) in [5, 5.41) is 3.80. The molecule has 3 heteroatoms. The molecule has 57 heavy (non-hydrogen) atoms. The molecule has 11 rings (SSSR count). The molecule has 0 N–H and O–H groups in total. The normalized spacial score (nSPS) is 17.5. The van der Waals surface area contributed by atoms with Crippen molar-refractivity contribution in [3.63, 3.8) is 0 Å². The lowest BCUT2D eigenvalue weighted by atomic mass is 9.93. The molecular weight excluding hydrogens is 693 g/mol. The maximum Gasteiger partial charge on any atom is 0.158 e. The van der Waals surface area contributed by atoms with Gasteiger partial charge in [0.05, 0.1) is 11.7 Å². The van der Waals surface area contributed by atoms with Crippen molar-refractivity contribution in [1.29, 1.82) is 0 Å². The molecule has 2 heterocycles. The van der Waals surface area contributed by atoms with E-state index in [1.54, 1.807) is 0 Å². The number of allylic oxidation sites excluding steroid dienone is 12. The van der Waals surface area contributed by atoms with Crippen molar-refractivity contribution in [3.05, 3.63) is 198 Å². The fourth-order valence-corrected chi connectivity index (χ4v) is 9.44. The molecule has 0 bridgehead atoms. The van der Waals surface area contributed by atoms with Crippen LogP contribution in [0.4, 0.5) is 11.4 Å². The van der Waals surface area contributed by atoms with E-state index in [2.05, 4.69) is 185 Å². The summed E-state index contributed by atoms with van der Waals surface area (Å²) in [4.78, 5) is 2.44. The molecule has 7 aromatic rings. The first-order valence-corrected chi connectivity index (χ1v) is 20.6. The monoisotopic (exact) mass is 736 g/mol. The van der Waals surface area contributed by atoms with Crippen LogP contribution in [0.15, 0.2) is 180 Å². The number of nitrogens with zero attached hydrogens (tertiary/aromatic N) is 2. The Morgan fingerprint density at radius 1 is 0.579 bits per heavy atom. The number of hydrogen-bond acceptors (Lipinski definition) is 2. The van der Waals surface area contributed by atoms with Gasteiger partial charge in [-0.05, 0) is 114 Å². The van der Waals surface area contributed by atoms with Gasteiger partial charge < -0.3 is 13.9 Å². The molecule has 2 aromatic heterocycles. The van der Waals surface area contributed by atoms with Crippen molar-refractivity contribution in [2.75, 3.05) is 4.90 Å². The third-order valence-electron chi connectivity index (χ3n) is 12.3. The molecule has 5 aromatic carbocycles. The zero-order valence-corrected chi connectivity index (χ0v) is 32.1. The van der Waals surface area contributed by atoms with Gasteiger partial charge in [0.25, 0.3) is 0 Å². The van der Waals surface area contributed by atoms with Gasteiger partial charge in [-0.2, -0.15) is 0 Å². The third-order valence-corrected chi connectivity index (χ3v) is 12.3. The van der Waals surface area contributed by atoms with Crippen molar-refractivity contribution in [2.45, 2.75) is 51.0 Å². The summed E-state index contributed by atoms with van der Waals surface area (Å²) in [6, 6.07) is 40.8. The number of fused-ring (bicyclic) bond motifs is 6.